The number of ether oxygens (including phenoxy) is 1. The number of benzene rings is 1. The van der Waals surface area contributed by atoms with Crippen LogP contribution >= 0.6 is 0 Å². The lowest BCUT2D eigenvalue weighted by Crippen LogP contribution is -2.09. The molecule has 0 fully saturated rings. The third-order valence-electron chi connectivity index (χ3n) is 2.09. The zero-order valence-corrected chi connectivity index (χ0v) is 9.99. The third-order valence-corrected chi connectivity index (χ3v) is 2.09. The molecule has 0 spiro atoms. The minimum Gasteiger partial charge on any atom is -0.489 e. The van der Waals surface area contributed by atoms with E-state index in [-0.39, 0.29) is 6.10 Å². The van der Waals surface area contributed by atoms with Crippen LogP contribution in [0.5, 0.6) is 5.75 Å². The fourth-order valence-corrected chi connectivity index (χ4v) is 1.36. The van der Waals surface area contributed by atoms with Crippen molar-refractivity contribution in [1.29, 1.82) is 0 Å². The molecule has 1 aromatic carbocycles. The molecule has 3 nitrogen and oxygen atoms in total. The predicted octanol–water partition coefficient (Wildman–Crippen LogP) is 3.04. The summed E-state index contributed by atoms with van der Waals surface area (Å²) in [5.41, 5.74) is 7.58. The normalized spacial score (nSPS) is 10.2. The average molecular weight is 220 g/mol. The summed E-state index contributed by atoms with van der Waals surface area (Å²) in [4.78, 5) is 0. The molecular weight excluding hydrogens is 200 g/mol. The van der Waals surface area contributed by atoms with Crippen molar-refractivity contribution in [1.82, 2.24) is 0 Å². The highest BCUT2D eigenvalue weighted by Gasteiger charge is 2.06. The van der Waals surface area contributed by atoms with Gasteiger partial charge in [0.05, 0.1) is 17.5 Å². The quantitative estimate of drug-likeness (QED) is 0.440. The van der Waals surface area contributed by atoms with Gasteiger partial charge in [0.15, 0.2) is 0 Å². The van der Waals surface area contributed by atoms with E-state index in [1.165, 1.54) is 0 Å². The Bertz CT molecular complexity index is 348. The maximum Gasteiger partial charge on any atom is 0.144 e. The summed E-state index contributed by atoms with van der Waals surface area (Å²) in [7, 11) is 0. The van der Waals surface area contributed by atoms with Gasteiger partial charge in [-0.25, -0.2) is 0 Å². The first kappa shape index (κ1) is 12.4. The summed E-state index contributed by atoms with van der Waals surface area (Å²) in [5, 5.41) is 3.25. The smallest absolute Gasteiger partial charge is 0.144 e. The summed E-state index contributed by atoms with van der Waals surface area (Å²) in [6.45, 7) is 8.47. The van der Waals surface area contributed by atoms with E-state index in [0.29, 0.717) is 5.69 Å². The second-order valence-corrected chi connectivity index (χ2v) is 3.89. The van der Waals surface area contributed by atoms with Gasteiger partial charge in [0.1, 0.15) is 5.75 Å². The van der Waals surface area contributed by atoms with Crippen molar-refractivity contribution in [2.24, 2.45) is 0 Å². The van der Waals surface area contributed by atoms with Crippen molar-refractivity contribution in [2.45, 2.75) is 26.4 Å². The largest absolute Gasteiger partial charge is 0.489 e. The highest BCUT2D eigenvalue weighted by Crippen LogP contribution is 2.29. The molecule has 0 atom stereocenters. The summed E-state index contributed by atoms with van der Waals surface area (Å²) in [6.07, 6.45) is 2.91. The zero-order chi connectivity index (χ0) is 12.0. The van der Waals surface area contributed by atoms with Crippen LogP contribution in [0.3, 0.4) is 0 Å². The molecule has 0 aliphatic heterocycles. The molecule has 0 aliphatic carbocycles. The Hall–Kier alpha value is -1.64. The maximum atomic E-state index is 6.00. The van der Waals surface area contributed by atoms with Crippen LogP contribution in [0.2, 0.25) is 0 Å². The van der Waals surface area contributed by atoms with Crippen molar-refractivity contribution >= 4 is 11.4 Å². The minimum absolute atomic E-state index is 0.130. The average Bonchev–Trinajstić information content (AvgIpc) is 2.23. The summed E-state index contributed by atoms with van der Waals surface area (Å²) >= 11 is 0. The van der Waals surface area contributed by atoms with E-state index in [2.05, 4.69) is 11.9 Å². The number of para-hydroxylation sites is 1. The number of nitrogens with one attached hydrogen (secondary N) is 1. The molecule has 0 saturated carbocycles. The summed E-state index contributed by atoms with van der Waals surface area (Å²) < 4.78 is 5.61. The third kappa shape index (κ3) is 3.50. The first-order valence-corrected chi connectivity index (χ1v) is 5.55. The van der Waals surface area contributed by atoms with Gasteiger partial charge in [0.2, 0.25) is 0 Å². The van der Waals surface area contributed by atoms with Crippen LogP contribution in [0.15, 0.2) is 30.9 Å². The fourth-order valence-electron chi connectivity index (χ4n) is 1.36. The molecule has 0 amide bonds. The van der Waals surface area contributed by atoms with Gasteiger partial charge in [-0.15, -0.1) is 6.58 Å². The van der Waals surface area contributed by atoms with Crippen LogP contribution in [-0.4, -0.2) is 12.6 Å². The Morgan fingerprint density at radius 1 is 1.50 bits per heavy atom. The number of hydrogen-bond donors (Lipinski definition) is 2. The van der Waals surface area contributed by atoms with Crippen LogP contribution in [0.25, 0.3) is 0 Å². The molecule has 3 heteroatoms. The molecule has 0 unspecified atom stereocenters. The van der Waals surface area contributed by atoms with Gasteiger partial charge in [-0.2, -0.15) is 0 Å². The molecule has 3 N–H and O–H groups in total. The lowest BCUT2D eigenvalue weighted by molar-refractivity contribution is 0.244. The number of nitrogen functional groups attached to an aromatic ring is 1. The Labute approximate surface area is 97.3 Å². The van der Waals surface area contributed by atoms with Gasteiger partial charge >= 0.3 is 0 Å². The van der Waals surface area contributed by atoms with Crippen molar-refractivity contribution < 1.29 is 4.74 Å². The number of anilines is 2. The van der Waals surface area contributed by atoms with Gasteiger partial charge in [-0.05, 0) is 32.4 Å². The monoisotopic (exact) mass is 220 g/mol. The molecule has 88 valence electrons. The van der Waals surface area contributed by atoms with Gasteiger partial charge in [0.25, 0.3) is 0 Å². The lowest BCUT2D eigenvalue weighted by Gasteiger charge is -2.15. The van der Waals surface area contributed by atoms with Crippen LogP contribution in [0.1, 0.15) is 20.3 Å². The van der Waals surface area contributed by atoms with E-state index in [1.54, 1.807) is 0 Å². The molecule has 0 saturated heterocycles. The molecule has 0 bridgehead atoms. The van der Waals surface area contributed by atoms with E-state index < -0.39 is 0 Å². The van der Waals surface area contributed by atoms with Crippen LogP contribution in [0.4, 0.5) is 11.4 Å². The molecule has 0 aromatic heterocycles. The van der Waals surface area contributed by atoms with Crippen molar-refractivity contribution in [3.8, 4) is 5.75 Å². The van der Waals surface area contributed by atoms with E-state index in [9.17, 15) is 0 Å². The summed E-state index contributed by atoms with van der Waals surface area (Å²) in [5.74, 6) is 0.735. The van der Waals surface area contributed by atoms with E-state index >= 15 is 0 Å². The molecule has 1 rings (SSSR count). The number of hydrogen-bond acceptors (Lipinski definition) is 3. The standard InChI is InChI=1S/C13H20N2O/c1-4-5-9-15-11-7-6-8-12(13(11)14)16-10(2)3/h4,6-8,10,15H,1,5,9,14H2,2-3H3. The van der Waals surface area contributed by atoms with E-state index in [1.807, 2.05) is 38.1 Å². The van der Waals surface area contributed by atoms with E-state index in [0.717, 1.165) is 24.4 Å². The lowest BCUT2D eigenvalue weighted by atomic mass is 10.2. The highest BCUT2D eigenvalue weighted by molar-refractivity contribution is 5.72. The first-order chi connectivity index (χ1) is 7.65. The molecule has 16 heavy (non-hydrogen) atoms. The topological polar surface area (TPSA) is 47.3 Å². The number of rotatable bonds is 6. The molecule has 0 aliphatic rings. The maximum absolute atomic E-state index is 6.00. The summed E-state index contributed by atoms with van der Waals surface area (Å²) in [6, 6.07) is 5.77. The van der Waals surface area contributed by atoms with Gasteiger partial charge in [-0.3, -0.25) is 0 Å². The van der Waals surface area contributed by atoms with Crippen molar-refractivity contribution in [3.63, 3.8) is 0 Å². The van der Waals surface area contributed by atoms with E-state index in [4.69, 9.17) is 10.5 Å². The Morgan fingerprint density at radius 2 is 2.25 bits per heavy atom. The predicted molar refractivity (Wildman–Crippen MR) is 69.9 cm³/mol. The van der Waals surface area contributed by atoms with Gasteiger partial charge in [-0.1, -0.05) is 12.1 Å². The Morgan fingerprint density at radius 3 is 2.88 bits per heavy atom. The second-order valence-electron chi connectivity index (χ2n) is 3.89. The van der Waals surface area contributed by atoms with Crippen LogP contribution in [0, 0.1) is 0 Å². The zero-order valence-electron chi connectivity index (χ0n) is 9.99. The first-order valence-electron chi connectivity index (χ1n) is 5.55. The van der Waals surface area contributed by atoms with Gasteiger partial charge < -0.3 is 15.8 Å². The fraction of sp³-hybridized carbons (Fsp3) is 0.385. The Balaban J connectivity index is 2.73. The Kier molecular flexibility index (Phi) is 4.70. The minimum atomic E-state index is 0.130. The second kappa shape index (κ2) is 6.05. The SMILES string of the molecule is C=CCCNc1cccc(OC(C)C)c1N. The molecular formula is C13H20N2O. The van der Waals surface area contributed by atoms with Crippen LogP contribution < -0.4 is 15.8 Å². The van der Waals surface area contributed by atoms with Crippen LogP contribution in [-0.2, 0) is 0 Å². The molecule has 0 heterocycles. The van der Waals surface area contributed by atoms with Crippen molar-refractivity contribution in [3.05, 3.63) is 30.9 Å². The molecule has 0 radical (unpaired) electrons. The van der Waals surface area contributed by atoms with Crippen molar-refractivity contribution in [2.75, 3.05) is 17.6 Å². The van der Waals surface area contributed by atoms with Gasteiger partial charge in [0, 0.05) is 6.54 Å². The molecule has 1 aromatic rings. The highest BCUT2D eigenvalue weighted by atomic mass is 16.5. The number of nitrogens with two attached hydrogens (primary N) is 1.